The van der Waals surface area contributed by atoms with Gasteiger partial charge in [0.05, 0.1) is 11.4 Å². The number of aromatic nitrogens is 1. The summed E-state index contributed by atoms with van der Waals surface area (Å²) >= 11 is 1.52. The number of aldehydes is 1. The first kappa shape index (κ1) is 17.7. The highest BCUT2D eigenvalue weighted by atomic mass is 32.2. The third kappa shape index (κ3) is 3.95. The van der Waals surface area contributed by atoms with Crippen LogP contribution in [0, 0.1) is 17.6 Å². The zero-order valence-corrected chi connectivity index (χ0v) is 14.6. The Hall–Kier alpha value is -2.08. The highest BCUT2D eigenvalue weighted by molar-refractivity contribution is 7.99. The van der Waals surface area contributed by atoms with Gasteiger partial charge in [0.2, 0.25) is 0 Å². The summed E-state index contributed by atoms with van der Waals surface area (Å²) in [6, 6.07) is 6.20. The maximum atomic E-state index is 14.6. The van der Waals surface area contributed by atoms with Crippen LogP contribution in [0.5, 0.6) is 0 Å². The minimum absolute atomic E-state index is 0.0403. The van der Waals surface area contributed by atoms with Gasteiger partial charge in [0, 0.05) is 29.6 Å². The third-order valence-electron chi connectivity index (χ3n) is 4.41. The van der Waals surface area contributed by atoms with Crippen molar-refractivity contribution >= 4 is 23.8 Å². The molecule has 0 spiro atoms. The number of thioether (sulfide) groups is 1. The van der Waals surface area contributed by atoms with Crippen molar-refractivity contribution in [2.45, 2.75) is 18.1 Å². The summed E-state index contributed by atoms with van der Waals surface area (Å²) < 4.78 is 28.4. The molecule has 0 N–H and O–H groups in total. The van der Waals surface area contributed by atoms with Crippen molar-refractivity contribution in [2.75, 3.05) is 12.8 Å². The minimum Gasteiger partial charge on any atom is -0.302 e. The Bertz CT molecular complexity index is 810. The van der Waals surface area contributed by atoms with E-state index >= 15 is 0 Å². The molecule has 0 saturated heterocycles. The van der Waals surface area contributed by atoms with E-state index in [1.807, 2.05) is 6.26 Å². The molecule has 6 heteroatoms. The summed E-state index contributed by atoms with van der Waals surface area (Å²) in [5.41, 5.74) is 1.96. The lowest BCUT2D eigenvalue weighted by Crippen LogP contribution is -2.13. The highest BCUT2D eigenvalue weighted by Crippen LogP contribution is 2.29. The molecule has 0 saturated carbocycles. The predicted octanol–water partition coefficient (Wildman–Crippen LogP) is 4.16. The lowest BCUT2D eigenvalue weighted by atomic mass is 9.95. The fourth-order valence-electron chi connectivity index (χ4n) is 3.06. The molecule has 130 valence electrons. The largest absolute Gasteiger partial charge is 0.302 e. The standard InChI is InChI=1S/C19H18F2N2OS/c1-25-14(11-24)6-12-7-19(23-9-12)16-3-2-13(8-17(16)20)15-4-5-22-10-18(15)21/h2-5,8,10-12,14H,6-7,9H2,1H3. The fourth-order valence-corrected chi connectivity index (χ4v) is 3.63. The zero-order valence-electron chi connectivity index (χ0n) is 13.8. The van der Waals surface area contributed by atoms with Crippen LogP contribution >= 0.6 is 11.8 Å². The van der Waals surface area contributed by atoms with Crippen molar-refractivity contribution in [3.05, 3.63) is 53.9 Å². The monoisotopic (exact) mass is 360 g/mol. The SMILES string of the molecule is CSC(C=O)CC1CN=C(c2ccc(-c3ccncc3F)cc2F)C1. The van der Waals surface area contributed by atoms with E-state index < -0.39 is 11.6 Å². The second-order valence-electron chi connectivity index (χ2n) is 6.05. The molecular formula is C19H18F2N2OS. The Morgan fingerprint density at radius 1 is 1.28 bits per heavy atom. The maximum absolute atomic E-state index is 14.6. The zero-order chi connectivity index (χ0) is 17.8. The van der Waals surface area contributed by atoms with Crippen molar-refractivity contribution < 1.29 is 13.6 Å². The van der Waals surface area contributed by atoms with Crippen LogP contribution in [0.2, 0.25) is 0 Å². The highest BCUT2D eigenvalue weighted by Gasteiger charge is 2.24. The van der Waals surface area contributed by atoms with Crippen LogP contribution < -0.4 is 0 Å². The van der Waals surface area contributed by atoms with Gasteiger partial charge in [-0.05, 0) is 48.8 Å². The molecule has 0 amide bonds. The van der Waals surface area contributed by atoms with E-state index in [0.29, 0.717) is 29.7 Å². The average molecular weight is 360 g/mol. The van der Waals surface area contributed by atoms with E-state index in [9.17, 15) is 13.6 Å². The van der Waals surface area contributed by atoms with Crippen LogP contribution in [0.1, 0.15) is 18.4 Å². The second-order valence-corrected chi connectivity index (χ2v) is 7.13. The number of carbonyl (C=O) groups excluding carboxylic acids is 1. The van der Waals surface area contributed by atoms with Crippen LogP contribution in [-0.2, 0) is 4.79 Å². The molecule has 0 fully saturated rings. The average Bonchev–Trinajstić information content (AvgIpc) is 3.08. The van der Waals surface area contributed by atoms with Crippen molar-refractivity contribution in [1.82, 2.24) is 4.98 Å². The maximum Gasteiger partial charge on any atom is 0.149 e. The number of rotatable bonds is 6. The molecule has 3 rings (SSSR count). The molecule has 2 heterocycles. The van der Waals surface area contributed by atoms with E-state index in [2.05, 4.69) is 9.98 Å². The molecule has 1 aromatic heterocycles. The van der Waals surface area contributed by atoms with E-state index in [1.165, 1.54) is 30.1 Å². The number of aliphatic imine (C=N–C) groups is 1. The number of benzene rings is 1. The minimum atomic E-state index is -0.482. The van der Waals surface area contributed by atoms with Crippen LogP contribution in [-0.4, -0.2) is 35.0 Å². The Morgan fingerprint density at radius 3 is 2.80 bits per heavy atom. The topological polar surface area (TPSA) is 42.3 Å². The summed E-state index contributed by atoms with van der Waals surface area (Å²) in [4.78, 5) is 19.1. The number of hydrogen-bond acceptors (Lipinski definition) is 4. The second kappa shape index (κ2) is 7.87. The van der Waals surface area contributed by atoms with Gasteiger partial charge >= 0.3 is 0 Å². The van der Waals surface area contributed by atoms with Gasteiger partial charge in [-0.1, -0.05) is 6.07 Å². The molecule has 0 radical (unpaired) electrons. The van der Waals surface area contributed by atoms with Gasteiger partial charge < -0.3 is 4.79 Å². The molecule has 0 aliphatic carbocycles. The quantitative estimate of drug-likeness (QED) is 0.727. The summed E-state index contributed by atoms with van der Waals surface area (Å²) in [5.74, 6) is -0.635. The van der Waals surface area contributed by atoms with E-state index in [4.69, 9.17) is 0 Å². The number of nitrogens with zero attached hydrogens (tertiary/aromatic N) is 2. The van der Waals surface area contributed by atoms with Crippen LogP contribution in [0.3, 0.4) is 0 Å². The van der Waals surface area contributed by atoms with Gasteiger partial charge in [-0.3, -0.25) is 9.98 Å². The fraction of sp³-hybridized carbons (Fsp3) is 0.316. The van der Waals surface area contributed by atoms with Gasteiger partial charge in [-0.25, -0.2) is 8.78 Å². The first-order chi connectivity index (χ1) is 12.1. The van der Waals surface area contributed by atoms with Crippen LogP contribution in [0.15, 0.2) is 41.7 Å². The molecule has 1 aromatic carbocycles. The lowest BCUT2D eigenvalue weighted by molar-refractivity contribution is -0.107. The molecule has 25 heavy (non-hydrogen) atoms. The van der Waals surface area contributed by atoms with Gasteiger partial charge in [0.25, 0.3) is 0 Å². The molecule has 2 atom stereocenters. The van der Waals surface area contributed by atoms with Crippen molar-refractivity contribution in [1.29, 1.82) is 0 Å². The molecule has 3 nitrogen and oxygen atoms in total. The first-order valence-corrected chi connectivity index (χ1v) is 9.32. The number of carbonyl (C=O) groups is 1. The summed E-state index contributed by atoms with van der Waals surface area (Å²) in [6.07, 6.45) is 6.87. The summed E-state index contributed by atoms with van der Waals surface area (Å²) in [6.45, 7) is 0.612. The molecule has 0 bridgehead atoms. The Labute approximate surface area is 149 Å². The van der Waals surface area contributed by atoms with E-state index in [1.54, 1.807) is 12.1 Å². The van der Waals surface area contributed by atoms with Crippen LogP contribution in [0.25, 0.3) is 11.1 Å². The van der Waals surface area contributed by atoms with E-state index in [0.717, 1.165) is 24.6 Å². The number of hydrogen-bond donors (Lipinski definition) is 0. The Balaban J connectivity index is 1.76. The van der Waals surface area contributed by atoms with Crippen LogP contribution in [0.4, 0.5) is 8.78 Å². The van der Waals surface area contributed by atoms with E-state index in [-0.39, 0.29) is 11.2 Å². The number of halogens is 2. The van der Waals surface area contributed by atoms with Crippen molar-refractivity contribution in [3.8, 4) is 11.1 Å². The third-order valence-corrected chi connectivity index (χ3v) is 5.32. The number of pyridine rings is 1. The Kier molecular flexibility index (Phi) is 5.58. The van der Waals surface area contributed by atoms with Crippen molar-refractivity contribution in [3.63, 3.8) is 0 Å². The van der Waals surface area contributed by atoms with Gasteiger partial charge in [0.15, 0.2) is 0 Å². The normalized spacial score (nSPS) is 18.0. The van der Waals surface area contributed by atoms with Gasteiger partial charge in [0.1, 0.15) is 17.9 Å². The Morgan fingerprint density at radius 2 is 2.12 bits per heavy atom. The summed E-state index contributed by atoms with van der Waals surface area (Å²) in [5, 5.41) is -0.0403. The van der Waals surface area contributed by atoms with Gasteiger partial charge in [-0.2, -0.15) is 11.8 Å². The first-order valence-electron chi connectivity index (χ1n) is 8.03. The molecular weight excluding hydrogens is 342 g/mol. The molecule has 2 unspecified atom stereocenters. The summed E-state index contributed by atoms with van der Waals surface area (Å²) in [7, 11) is 0. The molecule has 2 aromatic rings. The molecule has 1 aliphatic rings. The van der Waals surface area contributed by atoms with Gasteiger partial charge in [-0.15, -0.1) is 0 Å². The smallest absolute Gasteiger partial charge is 0.149 e. The van der Waals surface area contributed by atoms with Crippen molar-refractivity contribution in [2.24, 2.45) is 10.9 Å². The molecule has 1 aliphatic heterocycles. The lowest BCUT2D eigenvalue weighted by Gasteiger charge is -2.13. The predicted molar refractivity (Wildman–Crippen MR) is 97.1 cm³/mol.